The molecule has 0 aromatic carbocycles. The van der Waals surface area contributed by atoms with Crippen molar-refractivity contribution < 1.29 is 0 Å². The van der Waals surface area contributed by atoms with Crippen LogP contribution >= 0.6 is 0 Å². The van der Waals surface area contributed by atoms with Crippen molar-refractivity contribution in [3.8, 4) is 0 Å². The van der Waals surface area contributed by atoms with Gasteiger partial charge in [0.05, 0.1) is 0 Å². The number of hydrogen-bond acceptors (Lipinski definition) is 0. The normalized spacial score (nSPS) is 48.3. The summed E-state index contributed by atoms with van der Waals surface area (Å²) in [4.78, 5) is 0. The van der Waals surface area contributed by atoms with E-state index in [0.29, 0.717) is 0 Å². The summed E-state index contributed by atoms with van der Waals surface area (Å²) in [7, 11) is 0. The van der Waals surface area contributed by atoms with E-state index >= 15 is 0 Å². The van der Waals surface area contributed by atoms with Gasteiger partial charge >= 0.3 is 0 Å². The van der Waals surface area contributed by atoms with Crippen LogP contribution in [0.4, 0.5) is 0 Å². The Morgan fingerprint density at radius 1 is 1.11 bits per heavy atom. The van der Waals surface area contributed by atoms with Gasteiger partial charge < -0.3 is 0 Å². The Labute approximate surface area is 107 Å². The van der Waals surface area contributed by atoms with Crippen LogP contribution in [0.15, 0.2) is 57.2 Å². The molecule has 0 spiro atoms. The van der Waals surface area contributed by atoms with Gasteiger partial charge in [0.1, 0.15) is 0 Å². The summed E-state index contributed by atoms with van der Waals surface area (Å²) in [6, 6.07) is 0. The number of fused-ring (bicyclic) bond motifs is 3. The Bertz CT molecular complexity index is 704. The number of allylic oxidation sites excluding steroid dienone is 10. The third-order valence-corrected chi connectivity index (χ3v) is 6.52. The molecule has 0 heteroatoms. The Morgan fingerprint density at radius 2 is 2.00 bits per heavy atom. The predicted molar refractivity (Wildman–Crippen MR) is 71.7 cm³/mol. The molecule has 2 saturated carbocycles. The molecule has 88 valence electrons. The minimum absolute atomic E-state index is 0.737. The summed E-state index contributed by atoms with van der Waals surface area (Å²) in [6.45, 7) is 4.71. The molecule has 0 saturated heterocycles. The predicted octanol–water partition coefficient (Wildman–Crippen LogP) is 3.95. The second-order valence-corrected chi connectivity index (χ2v) is 6.93. The minimum Gasteiger partial charge on any atom is -0.0798 e. The SMILES string of the molecule is CC1=C(C)C2CC=C3C4=C2C2=C1C=CC1C2C1C34. The highest BCUT2D eigenvalue weighted by atomic mass is 14.7. The molecular weight excluding hydrogens is 216 g/mol. The maximum atomic E-state index is 2.57. The molecule has 5 atom stereocenters. The largest absolute Gasteiger partial charge is 0.0798 e. The maximum absolute atomic E-state index is 2.57. The Balaban J connectivity index is 1.79. The molecule has 0 N–H and O–H groups in total. The number of rotatable bonds is 0. The fourth-order valence-electron chi connectivity index (χ4n) is 5.52. The van der Waals surface area contributed by atoms with Gasteiger partial charge in [-0.15, -0.1) is 0 Å². The molecule has 2 fully saturated rings. The van der Waals surface area contributed by atoms with Crippen LogP contribution in [0, 0.1) is 29.6 Å². The lowest BCUT2D eigenvalue weighted by Gasteiger charge is -2.34. The van der Waals surface area contributed by atoms with E-state index in [4.69, 9.17) is 0 Å². The van der Waals surface area contributed by atoms with Crippen LogP contribution in [0.25, 0.3) is 0 Å². The van der Waals surface area contributed by atoms with Gasteiger partial charge in [0.2, 0.25) is 0 Å². The standard InChI is InChI=1S/C18H16/c1-7-8(2)10-4-6-12-16-14(10)13-9(7)3-5-11-15(13)17(11)18(12)16/h3,5-6,10-11,15,17-18H,4H2,1-2H3. The Kier molecular flexibility index (Phi) is 1.10. The highest BCUT2D eigenvalue weighted by Crippen LogP contribution is 2.77. The quantitative estimate of drug-likeness (QED) is 0.593. The molecule has 0 aromatic rings. The van der Waals surface area contributed by atoms with E-state index in [0.717, 1.165) is 29.6 Å². The first-order valence-electron chi connectivity index (χ1n) is 7.34. The van der Waals surface area contributed by atoms with Crippen molar-refractivity contribution in [2.24, 2.45) is 29.6 Å². The number of hydrogen-bond donors (Lipinski definition) is 0. The van der Waals surface area contributed by atoms with Crippen molar-refractivity contribution in [3.05, 3.63) is 57.2 Å². The fourth-order valence-corrected chi connectivity index (χ4v) is 5.52. The molecule has 6 rings (SSSR count). The van der Waals surface area contributed by atoms with Crippen molar-refractivity contribution in [1.29, 1.82) is 0 Å². The molecule has 0 aromatic heterocycles. The van der Waals surface area contributed by atoms with Crippen LogP contribution in [0.2, 0.25) is 0 Å². The highest BCUT2D eigenvalue weighted by molar-refractivity contribution is 5.77. The van der Waals surface area contributed by atoms with E-state index in [1.54, 1.807) is 39.0 Å². The average molecular weight is 232 g/mol. The first-order chi connectivity index (χ1) is 8.79. The first kappa shape index (κ1) is 8.74. The van der Waals surface area contributed by atoms with Crippen LogP contribution in [-0.4, -0.2) is 0 Å². The fraction of sp³-hybridized carbons (Fsp3) is 0.444. The van der Waals surface area contributed by atoms with E-state index in [-0.39, 0.29) is 0 Å². The van der Waals surface area contributed by atoms with E-state index in [1.165, 1.54) is 6.42 Å². The summed E-state index contributed by atoms with van der Waals surface area (Å²) < 4.78 is 0. The first-order valence-corrected chi connectivity index (χ1v) is 7.34. The molecule has 18 heavy (non-hydrogen) atoms. The lowest BCUT2D eigenvalue weighted by Crippen LogP contribution is -2.21. The van der Waals surface area contributed by atoms with Gasteiger partial charge in [-0.3, -0.25) is 0 Å². The van der Waals surface area contributed by atoms with Gasteiger partial charge in [0.15, 0.2) is 0 Å². The van der Waals surface area contributed by atoms with Gasteiger partial charge in [-0.05, 0) is 71.5 Å². The Hall–Kier alpha value is -1.30. The second-order valence-electron chi connectivity index (χ2n) is 6.93. The third kappa shape index (κ3) is 0.659. The third-order valence-electron chi connectivity index (χ3n) is 6.52. The van der Waals surface area contributed by atoms with Gasteiger partial charge in [-0.1, -0.05) is 23.8 Å². The van der Waals surface area contributed by atoms with Crippen molar-refractivity contribution in [1.82, 2.24) is 0 Å². The molecule has 6 aliphatic carbocycles. The van der Waals surface area contributed by atoms with Crippen LogP contribution in [0.1, 0.15) is 20.3 Å². The van der Waals surface area contributed by atoms with Gasteiger partial charge in [0, 0.05) is 11.8 Å². The zero-order valence-corrected chi connectivity index (χ0v) is 10.8. The average Bonchev–Trinajstić information content (AvgIpc) is 3.25. The maximum Gasteiger partial charge on any atom is 0.0135 e. The van der Waals surface area contributed by atoms with Gasteiger partial charge in [-0.25, -0.2) is 0 Å². The van der Waals surface area contributed by atoms with Gasteiger partial charge in [0.25, 0.3) is 0 Å². The molecule has 5 unspecified atom stereocenters. The summed E-state index contributed by atoms with van der Waals surface area (Å²) in [5.41, 5.74) is 11.9. The van der Waals surface area contributed by atoms with Crippen molar-refractivity contribution in [2.45, 2.75) is 20.3 Å². The topological polar surface area (TPSA) is 0 Å². The van der Waals surface area contributed by atoms with Crippen LogP contribution in [0.3, 0.4) is 0 Å². The minimum atomic E-state index is 0.737. The molecule has 0 bridgehead atoms. The summed E-state index contributed by atoms with van der Waals surface area (Å²) >= 11 is 0. The highest BCUT2D eigenvalue weighted by Gasteiger charge is 2.68. The zero-order chi connectivity index (χ0) is 11.8. The second kappa shape index (κ2) is 2.27. The molecule has 0 nitrogen and oxygen atoms in total. The van der Waals surface area contributed by atoms with Gasteiger partial charge in [-0.2, -0.15) is 0 Å². The van der Waals surface area contributed by atoms with Crippen molar-refractivity contribution in [2.75, 3.05) is 0 Å². The molecular formula is C18H16. The van der Waals surface area contributed by atoms with E-state index < -0.39 is 0 Å². The molecule has 0 amide bonds. The summed E-state index contributed by atoms with van der Waals surface area (Å²) in [6.07, 6.45) is 8.81. The van der Waals surface area contributed by atoms with Crippen molar-refractivity contribution in [3.63, 3.8) is 0 Å². The Morgan fingerprint density at radius 3 is 2.89 bits per heavy atom. The van der Waals surface area contributed by atoms with Crippen molar-refractivity contribution >= 4 is 0 Å². The van der Waals surface area contributed by atoms with E-state index in [9.17, 15) is 0 Å². The molecule has 0 aliphatic heterocycles. The lowest BCUT2D eigenvalue weighted by atomic mass is 9.69. The zero-order valence-electron chi connectivity index (χ0n) is 10.8. The van der Waals surface area contributed by atoms with Crippen LogP contribution in [0.5, 0.6) is 0 Å². The van der Waals surface area contributed by atoms with E-state index in [2.05, 4.69) is 32.1 Å². The lowest BCUT2D eigenvalue weighted by molar-refractivity contribution is 0.641. The van der Waals surface area contributed by atoms with E-state index in [1.807, 2.05) is 0 Å². The molecule has 6 aliphatic rings. The van der Waals surface area contributed by atoms with Crippen LogP contribution in [-0.2, 0) is 0 Å². The smallest absolute Gasteiger partial charge is 0.0135 e. The summed E-state index contributed by atoms with van der Waals surface area (Å²) in [5, 5.41) is 0. The van der Waals surface area contributed by atoms with Crippen LogP contribution < -0.4 is 0 Å². The summed E-state index contributed by atoms with van der Waals surface area (Å²) in [5.74, 6) is 4.38. The monoisotopic (exact) mass is 232 g/mol. The molecule has 0 radical (unpaired) electrons. The molecule has 0 heterocycles.